The molecule has 0 fully saturated rings. The molecule has 0 aliphatic rings. The van der Waals surface area contributed by atoms with Gasteiger partial charge in [-0.2, -0.15) is 11.8 Å². The van der Waals surface area contributed by atoms with Crippen LogP contribution in [0.3, 0.4) is 0 Å². The Morgan fingerprint density at radius 1 is 1.44 bits per heavy atom. The van der Waals surface area contributed by atoms with Crippen LogP contribution >= 0.6 is 23.4 Å². The average Bonchev–Trinajstić information content (AvgIpc) is 2.99. The Labute approximate surface area is 165 Å². The predicted molar refractivity (Wildman–Crippen MR) is 103 cm³/mol. The van der Waals surface area contributed by atoms with Crippen molar-refractivity contribution in [2.75, 3.05) is 18.6 Å². The van der Waals surface area contributed by atoms with E-state index in [9.17, 15) is 14.0 Å². The molecule has 0 saturated carbocycles. The number of aryl methyl sites for hydroxylation is 1. The smallest absolute Gasteiger partial charge is 0.328 e. The van der Waals surface area contributed by atoms with Crippen molar-refractivity contribution in [1.29, 1.82) is 0 Å². The van der Waals surface area contributed by atoms with Gasteiger partial charge in [0.05, 0.1) is 17.2 Å². The summed E-state index contributed by atoms with van der Waals surface area (Å²) in [4.78, 5) is 25.0. The summed E-state index contributed by atoms with van der Waals surface area (Å²) in [6.45, 7) is 3.42. The second-order valence-electron chi connectivity index (χ2n) is 5.62. The number of aromatic nitrogens is 1. The molecule has 2 rings (SSSR count). The minimum atomic E-state index is -0.830. The van der Waals surface area contributed by atoms with Crippen LogP contribution in [0.15, 0.2) is 22.7 Å². The lowest BCUT2D eigenvalue weighted by molar-refractivity contribution is -0.145. The zero-order valence-corrected chi connectivity index (χ0v) is 16.7. The van der Waals surface area contributed by atoms with Gasteiger partial charge in [-0.05, 0) is 44.4 Å². The SMILES string of the molecule is CCOC(=O)[C@@H](CCSC)NC(=O)c1c(-c2c(F)cccc2Cl)noc1C. The van der Waals surface area contributed by atoms with Crippen molar-refractivity contribution in [3.05, 3.63) is 40.4 Å². The summed E-state index contributed by atoms with van der Waals surface area (Å²) in [6, 6.07) is 3.33. The van der Waals surface area contributed by atoms with Gasteiger partial charge in [0.25, 0.3) is 5.91 Å². The van der Waals surface area contributed by atoms with Crippen LogP contribution in [0.4, 0.5) is 4.39 Å². The third-order valence-corrected chi connectivity index (χ3v) is 4.74. The van der Waals surface area contributed by atoms with Gasteiger partial charge in [-0.15, -0.1) is 0 Å². The number of ether oxygens (including phenoxy) is 1. The summed E-state index contributed by atoms with van der Waals surface area (Å²) in [7, 11) is 0. The van der Waals surface area contributed by atoms with E-state index in [1.54, 1.807) is 18.7 Å². The molecular formula is C18H20ClFN2O4S. The fourth-order valence-corrected chi connectivity index (χ4v) is 3.22. The first-order valence-electron chi connectivity index (χ1n) is 8.27. The summed E-state index contributed by atoms with van der Waals surface area (Å²) in [5.41, 5.74) is -0.0148. The third kappa shape index (κ3) is 5.01. The Balaban J connectivity index is 2.36. The molecule has 146 valence electrons. The minimum Gasteiger partial charge on any atom is -0.464 e. The summed E-state index contributed by atoms with van der Waals surface area (Å²) in [6.07, 6.45) is 2.29. The first kappa shape index (κ1) is 21.2. The van der Waals surface area contributed by atoms with Crippen molar-refractivity contribution in [1.82, 2.24) is 10.5 Å². The number of hydrogen-bond acceptors (Lipinski definition) is 6. The van der Waals surface area contributed by atoms with E-state index in [0.717, 1.165) is 0 Å². The van der Waals surface area contributed by atoms with Crippen LogP contribution in [0.5, 0.6) is 0 Å². The molecule has 0 aliphatic heterocycles. The first-order chi connectivity index (χ1) is 12.9. The molecule has 9 heteroatoms. The highest BCUT2D eigenvalue weighted by Gasteiger charge is 2.29. The molecule has 1 heterocycles. The standard InChI is InChI=1S/C18H20ClFN2O4S/c1-4-25-18(24)13(8-9-27-3)21-17(23)14-10(2)26-22-16(14)15-11(19)6-5-7-12(15)20/h5-7,13H,4,8-9H2,1-3H3,(H,21,23)/t13-/m1/s1. The Bertz CT molecular complexity index is 807. The number of nitrogens with zero attached hydrogens (tertiary/aromatic N) is 1. The van der Waals surface area contributed by atoms with Crippen molar-refractivity contribution in [3.63, 3.8) is 0 Å². The highest BCUT2D eigenvalue weighted by molar-refractivity contribution is 7.98. The van der Waals surface area contributed by atoms with Gasteiger partial charge in [0.15, 0.2) is 0 Å². The van der Waals surface area contributed by atoms with Crippen LogP contribution in [0.1, 0.15) is 29.5 Å². The number of halogens is 2. The molecule has 1 N–H and O–H groups in total. The van der Waals surface area contributed by atoms with Crippen molar-refractivity contribution < 1.29 is 23.2 Å². The lowest BCUT2D eigenvalue weighted by atomic mass is 10.0. The summed E-state index contributed by atoms with van der Waals surface area (Å²) < 4.78 is 24.4. The van der Waals surface area contributed by atoms with E-state index in [1.165, 1.54) is 25.1 Å². The maximum absolute atomic E-state index is 14.3. The monoisotopic (exact) mass is 414 g/mol. The lowest BCUT2D eigenvalue weighted by Crippen LogP contribution is -2.42. The zero-order chi connectivity index (χ0) is 20.0. The topological polar surface area (TPSA) is 81.4 Å². The number of amides is 1. The van der Waals surface area contributed by atoms with Gasteiger partial charge >= 0.3 is 5.97 Å². The Hall–Kier alpha value is -2.06. The molecule has 1 aromatic heterocycles. The molecule has 1 aromatic carbocycles. The lowest BCUT2D eigenvalue weighted by Gasteiger charge is -2.17. The number of carbonyl (C=O) groups is 2. The second kappa shape index (κ2) is 9.75. The van der Waals surface area contributed by atoms with Crippen LogP contribution in [0, 0.1) is 12.7 Å². The highest BCUT2D eigenvalue weighted by atomic mass is 35.5. The number of hydrogen-bond donors (Lipinski definition) is 1. The molecule has 1 amide bonds. The van der Waals surface area contributed by atoms with Gasteiger partial charge < -0.3 is 14.6 Å². The fourth-order valence-electron chi connectivity index (χ4n) is 2.49. The summed E-state index contributed by atoms with van der Waals surface area (Å²) >= 11 is 7.63. The van der Waals surface area contributed by atoms with Gasteiger partial charge in [0.1, 0.15) is 28.9 Å². The molecule has 27 heavy (non-hydrogen) atoms. The normalized spacial score (nSPS) is 11.9. The Morgan fingerprint density at radius 2 is 2.19 bits per heavy atom. The quantitative estimate of drug-likeness (QED) is 0.660. The molecule has 0 aliphatic carbocycles. The van der Waals surface area contributed by atoms with Gasteiger partial charge in [-0.25, -0.2) is 9.18 Å². The molecule has 0 bridgehead atoms. The number of esters is 1. The minimum absolute atomic E-state index is 0.0134. The third-order valence-electron chi connectivity index (χ3n) is 3.78. The number of rotatable bonds is 8. The maximum atomic E-state index is 14.3. The van der Waals surface area contributed by atoms with Gasteiger partial charge in [0.2, 0.25) is 0 Å². The molecule has 2 aromatic rings. The summed E-state index contributed by atoms with van der Waals surface area (Å²) in [5.74, 6) is -0.927. The molecule has 6 nitrogen and oxygen atoms in total. The van der Waals surface area contributed by atoms with Crippen molar-refractivity contribution in [3.8, 4) is 11.3 Å². The van der Waals surface area contributed by atoms with Crippen LogP contribution in [-0.2, 0) is 9.53 Å². The van der Waals surface area contributed by atoms with Crippen molar-refractivity contribution in [2.45, 2.75) is 26.3 Å². The largest absolute Gasteiger partial charge is 0.464 e. The zero-order valence-electron chi connectivity index (χ0n) is 15.2. The van der Waals surface area contributed by atoms with E-state index in [1.807, 2.05) is 6.26 Å². The van der Waals surface area contributed by atoms with E-state index in [-0.39, 0.29) is 34.2 Å². The van der Waals surface area contributed by atoms with Gasteiger partial charge in [-0.1, -0.05) is 22.8 Å². The van der Waals surface area contributed by atoms with E-state index >= 15 is 0 Å². The van der Waals surface area contributed by atoms with Crippen LogP contribution in [0.25, 0.3) is 11.3 Å². The Kier molecular flexibility index (Phi) is 7.67. The maximum Gasteiger partial charge on any atom is 0.328 e. The summed E-state index contributed by atoms with van der Waals surface area (Å²) in [5, 5.41) is 6.53. The molecular weight excluding hydrogens is 395 g/mol. The predicted octanol–water partition coefficient (Wildman–Crippen LogP) is 3.86. The van der Waals surface area contributed by atoms with Crippen LogP contribution in [0.2, 0.25) is 5.02 Å². The van der Waals surface area contributed by atoms with Crippen LogP contribution < -0.4 is 5.32 Å². The van der Waals surface area contributed by atoms with E-state index in [0.29, 0.717) is 12.2 Å². The van der Waals surface area contributed by atoms with E-state index < -0.39 is 23.7 Å². The molecule has 1 atom stereocenters. The number of carbonyl (C=O) groups excluding carboxylic acids is 2. The van der Waals surface area contributed by atoms with Crippen molar-refractivity contribution in [2.24, 2.45) is 0 Å². The molecule has 0 unspecified atom stereocenters. The van der Waals surface area contributed by atoms with E-state index in [2.05, 4.69) is 10.5 Å². The van der Waals surface area contributed by atoms with Gasteiger partial charge in [-0.3, -0.25) is 4.79 Å². The Morgan fingerprint density at radius 3 is 2.81 bits per heavy atom. The highest BCUT2D eigenvalue weighted by Crippen LogP contribution is 2.33. The van der Waals surface area contributed by atoms with Gasteiger partial charge in [0, 0.05) is 0 Å². The average molecular weight is 415 g/mol. The first-order valence-corrected chi connectivity index (χ1v) is 10.0. The van der Waals surface area contributed by atoms with Crippen molar-refractivity contribution >= 4 is 35.2 Å². The number of benzene rings is 1. The number of thioether (sulfide) groups is 1. The fraction of sp³-hybridized carbons (Fsp3) is 0.389. The second-order valence-corrected chi connectivity index (χ2v) is 7.01. The van der Waals surface area contributed by atoms with Crippen LogP contribution in [-0.4, -0.2) is 41.7 Å². The molecule has 0 saturated heterocycles. The van der Waals surface area contributed by atoms with E-state index in [4.69, 9.17) is 20.9 Å². The molecule has 0 spiro atoms. The molecule has 0 radical (unpaired) electrons. The number of nitrogens with one attached hydrogen (secondary N) is 1.